The van der Waals surface area contributed by atoms with Crippen molar-refractivity contribution >= 4 is 27.7 Å². The van der Waals surface area contributed by atoms with Crippen molar-refractivity contribution in [3.63, 3.8) is 0 Å². The molecule has 0 saturated heterocycles. The van der Waals surface area contributed by atoms with Crippen molar-refractivity contribution in [2.24, 2.45) is 0 Å². The maximum absolute atomic E-state index is 12.5. The van der Waals surface area contributed by atoms with E-state index in [1.807, 2.05) is 18.2 Å². The third-order valence-electron chi connectivity index (χ3n) is 6.08. The molecule has 31 heavy (non-hydrogen) atoms. The van der Waals surface area contributed by atoms with Gasteiger partial charge in [-0.1, -0.05) is 34.8 Å². The van der Waals surface area contributed by atoms with Crippen LogP contribution in [0, 0.1) is 0 Å². The van der Waals surface area contributed by atoms with E-state index in [0.717, 1.165) is 41.7 Å². The molecule has 2 N–H and O–H groups in total. The molecule has 1 fully saturated rings. The van der Waals surface area contributed by atoms with E-state index < -0.39 is 0 Å². The average Bonchev–Trinajstić information content (AvgIpc) is 3.28. The average molecular weight is 487 g/mol. The summed E-state index contributed by atoms with van der Waals surface area (Å²) in [4.78, 5) is 24.6. The van der Waals surface area contributed by atoms with Gasteiger partial charge in [0.25, 0.3) is 5.91 Å². The van der Waals surface area contributed by atoms with Crippen molar-refractivity contribution in [3.8, 4) is 11.5 Å². The quantitative estimate of drug-likeness (QED) is 0.620. The topological polar surface area (TPSA) is 76.7 Å². The number of carbonyl (C=O) groups is 2. The summed E-state index contributed by atoms with van der Waals surface area (Å²) in [6.45, 7) is 2.03. The fourth-order valence-electron chi connectivity index (χ4n) is 4.34. The molecule has 1 aliphatic heterocycles. The Labute approximate surface area is 190 Å². The van der Waals surface area contributed by atoms with Gasteiger partial charge >= 0.3 is 0 Å². The molecule has 6 nitrogen and oxygen atoms in total. The van der Waals surface area contributed by atoms with Gasteiger partial charge in [-0.3, -0.25) is 9.59 Å². The molecular formula is C24H27BrN2O4. The highest BCUT2D eigenvalue weighted by Crippen LogP contribution is 2.43. The van der Waals surface area contributed by atoms with Crippen molar-refractivity contribution in [2.45, 2.75) is 37.5 Å². The van der Waals surface area contributed by atoms with Gasteiger partial charge in [-0.25, -0.2) is 0 Å². The van der Waals surface area contributed by atoms with Crippen LogP contribution >= 0.6 is 15.9 Å². The molecule has 1 saturated carbocycles. The Hall–Kier alpha value is -2.54. The van der Waals surface area contributed by atoms with Gasteiger partial charge in [0, 0.05) is 35.0 Å². The van der Waals surface area contributed by atoms with Crippen LogP contribution in [0.25, 0.3) is 0 Å². The zero-order chi connectivity index (χ0) is 21.7. The number of carbonyl (C=O) groups excluding carboxylic acids is 2. The molecule has 2 aromatic rings. The molecule has 2 amide bonds. The van der Waals surface area contributed by atoms with Crippen LogP contribution in [0.4, 0.5) is 0 Å². The summed E-state index contributed by atoms with van der Waals surface area (Å²) in [5.41, 5.74) is 1.69. The second kappa shape index (κ2) is 9.73. The van der Waals surface area contributed by atoms with Gasteiger partial charge in [0.15, 0.2) is 11.5 Å². The maximum atomic E-state index is 12.5. The first kappa shape index (κ1) is 21.7. The van der Waals surface area contributed by atoms with Crippen molar-refractivity contribution < 1.29 is 19.1 Å². The van der Waals surface area contributed by atoms with Crippen LogP contribution in [-0.4, -0.2) is 38.1 Å². The van der Waals surface area contributed by atoms with Crippen LogP contribution in [-0.2, 0) is 10.2 Å². The van der Waals surface area contributed by atoms with Crippen molar-refractivity contribution in [2.75, 3.05) is 26.3 Å². The summed E-state index contributed by atoms with van der Waals surface area (Å²) < 4.78 is 12.3. The van der Waals surface area contributed by atoms with Gasteiger partial charge in [0.2, 0.25) is 5.91 Å². The first-order valence-electron chi connectivity index (χ1n) is 10.8. The van der Waals surface area contributed by atoms with Crippen LogP contribution in [0.3, 0.4) is 0 Å². The molecular weight excluding hydrogens is 460 g/mol. The monoisotopic (exact) mass is 486 g/mol. The van der Waals surface area contributed by atoms with Crippen LogP contribution in [0.5, 0.6) is 11.5 Å². The highest BCUT2D eigenvalue weighted by molar-refractivity contribution is 9.10. The summed E-state index contributed by atoms with van der Waals surface area (Å²) in [6.07, 6.45) is 4.61. The highest BCUT2D eigenvalue weighted by atomic mass is 79.9. The first-order chi connectivity index (χ1) is 15.1. The number of ether oxygens (including phenoxy) is 2. The second-order valence-corrected chi connectivity index (χ2v) is 9.05. The number of hydrogen-bond donors (Lipinski definition) is 2. The summed E-state index contributed by atoms with van der Waals surface area (Å²) in [7, 11) is 0. The Bertz CT molecular complexity index is 939. The molecule has 7 heteroatoms. The van der Waals surface area contributed by atoms with Crippen molar-refractivity contribution in [1.82, 2.24) is 10.6 Å². The van der Waals surface area contributed by atoms with Gasteiger partial charge < -0.3 is 20.1 Å². The van der Waals surface area contributed by atoms with E-state index in [4.69, 9.17) is 9.47 Å². The number of benzene rings is 2. The molecule has 1 aliphatic carbocycles. The minimum absolute atomic E-state index is 0.0556. The molecule has 1 heterocycles. The lowest BCUT2D eigenvalue weighted by Crippen LogP contribution is -2.40. The van der Waals surface area contributed by atoms with Crippen LogP contribution in [0.15, 0.2) is 46.9 Å². The van der Waals surface area contributed by atoms with Crippen LogP contribution < -0.4 is 20.1 Å². The normalized spacial score (nSPS) is 16.5. The minimum Gasteiger partial charge on any atom is -0.486 e. The smallest absolute Gasteiger partial charge is 0.251 e. The van der Waals surface area contributed by atoms with Crippen molar-refractivity contribution in [1.29, 1.82) is 0 Å². The molecule has 0 unspecified atom stereocenters. The lowest BCUT2D eigenvalue weighted by molar-refractivity contribution is -0.121. The number of hydrogen-bond acceptors (Lipinski definition) is 4. The number of amides is 2. The Morgan fingerprint density at radius 2 is 1.65 bits per heavy atom. The molecule has 0 atom stereocenters. The Kier molecular flexibility index (Phi) is 6.80. The van der Waals surface area contributed by atoms with E-state index in [2.05, 4.69) is 38.7 Å². The van der Waals surface area contributed by atoms with Gasteiger partial charge in [0.1, 0.15) is 13.2 Å². The van der Waals surface area contributed by atoms with E-state index in [-0.39, 0.29) is 23.7 Å². The zero-order valence-electron chi connectivity index (χ0n) is 17.4. The lowest BCUT2D eigenvalue weighted by atomic mass is 9.78. The van der Waals surface area contributed by atoms with Gasteiger partial charge in [-0.2, -0.15) is 0 Å². The van der Waals surface area contributed by atoms with E-state index in [0.29, 0.717) is 31.9 Å². The zero-order valence-corrected chi connectivity index (χ0v) is 19.0. The predicted octanol–water partition coefficient (Wildman–Crippen LogP) is 3.97. The minimum atomic E-state index is -0.177. The fourth-order valence-corrected chi connectivity index (χ4v) is 4.61. The Morgan fingerprint density at radius 1 is 0.935 bits per heavy atom. The summed E-state index contributed by atoms with van der Waals surface area (Å²) >= 11 is 3.35. The lowest BCUT2D eigenvalue weighted by Gasteiger charge is -2.31. The van der Waals surface area contributed by atoms with Crippen molar-refractivity contribution in [3.05, 3.63) is 58.1 Å². The van der Waals surface area contributed by atoms with Crippen LogP contribution in [0.2, 0.25) is 0 Å². The molecule has 4 rings (SSSR count). The van der Waals surface area contributed by atoms with Gasteiger partial charge in [-0.05, 0) is 54.8 Å². The standard InChI is InChI=1S/C24H27BrN2O4/c25-19-6-3-17(4-7-19)23(29)26-12-9-22(28)27-16-24(10-1-2-11-24)18-5-8-20-21(15-18)31-14-13-30-20/h3-8,15H,1-2,9-14,16H2,(H,26,29)(H,27,28). The number of fused-ring (bicyclic) bond motifs is 1. The molecule has 2 aliphatic rings. The van der Waals surface area contributed by atoms with Gasteiger partial charge in [0.05, 0.1) is 0 Å². The second-order valence-electron chi connectivity index (χ2n) is 8.14. The maximum Gasteiger partial charge on any atom is 0.251 e. The molecule has 2 aromatic carbocycles. The number of halogens is 1. The number of rotatable bonds is 7. The fraction of sp³-hybridized carbons (Fsp3) is 0.417. The third-order valence-corrected chi connectivity index (χ3v) is 6.61. The summed E-state index contributed by atoms with van der Waals surface area (Å²) in [6, 6.07) is 13.3. The number of nitrogens with one attached hydrogen (secondary N) is 2. The van der Waals surface area contributed by atoms with E-state index in [1.165, 1.54) is 5.56 Å². The summed E-state index contributed by atoms with van der Waals surface area (Å²) in [5.74, 6) is 1.34. The van der Waals surface area contributed by atoms with E-state index >= 15 is 0 Å². The SMILES string of the molecule is O=C(CCNC(=O)c1ccc(Br)cc1)NCC1(c2ccc3c(c2)OCCO3)CCCC1. The van der Waals surface area contributed by atoms with Crippen LogP contribution in [0.1, 0.15) is 48.0 Å². The van der Waals surface area contributed by atoms with Gasteiger partial charge in [-0.15, -0.1) is 0 Å². The van der Waals surface area contributed by atoms with E-state index in [1.54, 1.807) is 12.1 Å². The summed E-state index contributed by atoms with van der Waals surface area (Å²) in [5, 5.41) is 5.90. The molecule has 0 radical (unpaired) electrons. The Morgan fingerprint density at radius 3 is 2.39 bits per heavy atom. The third kappa shape index (κ3) is 5.21. The largest absolute Gasteiger partial charge is 0.486 e. The molecule has 0 aromatic heterocycles. The first-order valence-corrected chi connectivity index (χ1v) is 11.6. The highest BCUT2D eigenvalue weighted by Gasteiger charge is 2.36. The predicted molar refractivity (Wildman–Crippen MR) is 122 cm³/mol. The molecule has 0 spiro atoms. The molecule has 0 bridgehead atoms. The van der Waals surface area contributed by atoms with E-state index in [9.17, 15) is 9.59 Å². The Balaban J connectivity index is 1.30. The molecule has 164 valence electrons.